The maximum atomic E-state index is 12.6. The SMILES string of the molecule is O=C(c1cc(S(=O)(=O)N2CCSCC2)c[nH]1)N1CCCCC1. The van der Waals surface area contributed by atoms with Crippen LogP contribution in [0.3, 0.4) is 0 Å². The van der Waals surface area contributed by atoms with Crippen molar-refractivity contribution in [3.8, 4) is 0 Å². The molecule has 0 radical (unpaired) electrons. The predicted molar refractivity (Wildman–Crippen MR) is 86.6 cm³/mol. The van der Waals surface area contributed by atoms with Gasteiger partial charge in [-0.05, 0) is 25.3 Å². The summed E-state index contributed by atoms with van der Waals surface area (Å²) in [7, 11) is -3.49. The summed E-state index contributed by atoms with van der Waals surface area (Å²) in [5.74, 6) is 1.54. The van der Waals surface area contributed by atoms with E-state index in [1.807, 2.05) is 0 Å². The fourth-order valence-corrected chi connectivity index (χ4v) is 5.42. The topological polar surface area (TPSA) is 73.5 Å². The lowest BCUT2D eigenvalue weighted by atomic mass is 10.1. The molecule has 1 N–H and O–H groups in total. The second-order valence-electron chi connectivity index (χ2n) is 5.62. The zero-order valence-corrected chi connectivity index (χ0v) is 14.1. The van der Waals surface area contributed by atoms with Crippen molar-refractivity contribution in [1.29, 1.82) is 0 Å². The van der Waals surface area contributed by atoms with Gasteiger partial charge in [0, 0.05) is 43.9 Å². The molecule has 122 valence electrons. The van der Waals surface area contributed by atoms with Crippen molar-refractivity contribution in [3.05, 3.63) is 18.0 Å². The molecular weight excluding hydrogens is 322 g/mol. The van der Waals surface area contributed by atoms with Gasteiger partial charge in [0.2, 0.25) is 10.0 Å². The molecule has 1 aromatic rings. The van der Waals surface area contributed by atoms with Crippen LogP contribution in [0.1, 0.15) is 29.8 Å². The highest BCUT2D eigenvalue weighted by molar-refractivity contribution is 7.99. The summed E-state index contributed by atoms with van der Waals surface area (Å²) in [6, 6.07) is 1.48. The molecule has 2 saturated heterocycles. The van der Waals surface area contributed by atoms with Crippen LogP contribution < -0.4 is 0 Å². The van der Waals surface area contributed by atoms with Gasteiger partial charge in [0.1, 0.15) is 10.6 Å². The zero-order valence-electron chi connectivity index (χ0n) is 12.5. The average Bonchev–Trinajstić information content (AvgIpc) is 3.06. The van der Waals surface area contributed by atoms with Crippen LogP contribution >= 0.6 is 11.8 Å². The van der Waals surface area contributed by atoms with Gasteiger partial charge in [0.25, 0.3) is 5.91 Å². The summed E-state index contributed by atoms with van der Waals surface area (Å²) in [5.41, 5.74) is 0.367. The second-order valence-corrected chi connectivity index (χ2v) is 8.78. The minimum Gasteiger partial charge on any atom is -0.356 e. The summed E-state index contributed by atoms with van der Waals surface area (Å²) in [4.78, 5) is 17.2. The van der Waals surface area contributed by atoms with Crippen molar-refractivity contribution in [2.45, 2.75) is 24.2 Å². The molecule has 2 aliphatic rings. The van der Waals surface area contributed by atoms with Gasteiger partial charge in [-0.15, -0.1) is 0 Å². The van der Waals surface area contributed by atoms with Crippen LogP contribution in [0, 0.1) is 0 Å². The fourth-order valence-electron chi connectivity index (χ4n) is 2.85. The van der Waals surface area contributed by atoms with E-state index in [9.17, 15) is 13.2 Å². The first kappa shape index (κ1) is 15.9. The second kappa shape index (κ2) is 6.64. The van der Waals surface area contributed by atoms with Gasteiger partial charge in [-0.3, -0.25) is 4.79 Å². The maximum absolute atomic E-state index is 12.6. The van der Waals surface area contributed by atoms with E-state index in [-0.39, 0.29) is 10.8 Å². The molecule has 0 spiro atoms. The van der Waals surface area contributed by atoms with E-state index in [1.165, 1.54) is 16.6 Å². The smallest absolute Gasteiger partial charge is 0.270 e. The van der Waals surface area contributed by atoms with Crippen molar-refractivity contribution >= 4 is 27.7 Å². The molecule has 0 saturated carbocycles. The summed E-state index contributed by atoms with van der Waals surface area (Å²) in [5, 5.41) is 0. The van der Waals surface area contributed by atoms with E-state index in [4.69, 9.17) is 0 Å². The molecule has 1 amide bonds. The minimum absolute atomic E-state index is 0.102. The first-order chi connectivity index (χ1) is 10.6. The molecule has 0 bridgehead atoms. The van der Waals surface area contributed by atoms with Crippen LogP contribution in [-0.2, 0) is 10.0 Å². The Morgan fingerprint density at radius 2 is 1.77 bits per heavy atom. The minimum atomic E-state index is -3.49. The number of nitrogens with one attached hydrogen (secondary N) is 1. The normalized spacial score (nSPS) is 21.0. The summed E-state index contributed by atoms with van der Waals surface area (Å²) in [6.45, 7) is 2.58. The molecule has 8 heteroatoms. The van der Waals surface area contributed by atoms with E-state index in [2.05, 4.69) is 4.98 Å². The summed E-state index contributed by atoms with van der Waals surface area (Å²) < 4.78 is 26.6. The zero-order chi connectivity index (χ0) is 15.6. The van der Waals surface area contributed by atoms with Crippen molar-refractivity contribution in [1.82, 2.24) is 14.2 Å². The monoisotopic (exact) mass is 343 g/mol. The lowest BCUT2D eigenvalue weighted by Gasteiger charge is -2.26. The van der Waals surface area contributed by atoms with E-state index in [0.29, 0.717) is 18.8 Å². The Morgan fingerprint density at radius 3 is 2.45 bits per heavy atom. The number of rotatable bonds is 3. The predicted octanol–water partition coefficient (Wildman–Crippen LogP) is 1.38. The van der Waals surface area contributed by atoms with Gasteiger partial charge in [0.15, 0.2) is 0 Å². The number of nitrogens with zero attached hydrogens (tertiary/aromatic N) is 2. The first-order valence-corrected chi connectivity index (χ1v) is 10.2. The third-order valence-electron chi connectivity index (χ3n) is 4.14. The number of aromatic nitrogens is 1. The Labute approximate surface area is 135 Å². The quantitative estimate of drug-likeness (QED) is 0.900. The van der Waals surface area contributed by atoms with E-state index >= 15 is 0 Å². The Kier molecular flexibility index (Phi) is 4.79. The van der Waals surface area contributed by atoms with Gasteiger partial charge in [0.05, 0.1) is 0 Å². The number of aromatic amines is 1. The number of hydrogen-bond donors (Lipinski definition) is 1. The highest BCUT2D eigenvalue weighted by Crippen LogP contribution is 2.22. The fraction of sp³-hybridized carbons (Fsp3) is 0.643. The number of hydrogen-bond acceptors (Lipinski definition) is 4. The Bertz CT molecular complexity index is 630. The Balaban J connectivity index is 1.76. The number of amides is 1. The number of carbonyl (C=O) groups is 1. The van der Waals surface area contributed by atoms with Gasteiger partial charge in [-0.25, -0.2) is 8.42 Å². The molecule has 6 nitrogen and oxygen atoms in total. The van der Waals surface area contributed by atoms with Crippen LogP contribution in [0.5, 0.6) is 0 Å². The van der Waals surface area contributed by atoms with Crippen LogP contribution in [0.2, 0.25) is 0 Å². The largest absolute Gasteiger partial charge is 0.356 e. The molecule has 2 fully saturated rings. The van der Waals surface area contributed by atoms with E-state index < -0.39 is 10.0 Å². The molecule has 3 rings (SSSR count). The molecule has 1 aromatic heterocycles. The standard InChI is InChI=1S/C14H21N3O3S2/c18-14(16-4-2-1-3-5-16)13-10-12(11-15-13)22(19,20)17-6-8-21-9-7-17/h10-11,15H,1-9H2. The van der Waals surface area contributed by atoms with Crippen molar-refractivity contribution < 1.29 is 13.2 Å². The van der Waals surface area contributed by atoms with Gasteiger partial charge < -0.3 is 9.88 Å². The molecule has 0 aliphatic carbocycles. The average molecular weight is 343 g/mol. The van der Waals surface area contributed by atoms with Crippen LogP contribution in [-0.4, -0.2) is 66.2 Å². The Hall–Kier alpha value is -0.990. The molecule has 0 unspecified atom stereocenters. The molecule has 3 heterocycles. The molecule has 0 aromatic carbocycles. The first-order valence-electron chi connectivity index (χ1n) is 7.64. The highest BCUT2D eigenvalue weighted by Gasteiger charge is 2.28. The number of H-pyrrole nitrogens is 1. The van der Waals surface area contributed by atoms with Crippen molar-refractivity contribution in [2.24, 2.45) is 0 Å². The number of likely N-dealkylation sites (tertiary alicyclic amines) is 1. The van der Waals surface area contributed by atoms with Crippen LogP contribution in [0.4, 0.5) is 0 Å². The molecule has 0 atom stereocenters. The highest BCUT2D eigenvalue weighted by atomic mass is 32.2. The molecular formula is C14H21N3O3S2. The van der Waals surface area contributed by atoms with Gasteiger partial charge in [-0.1, -0.05) is 0 Å². The van der Waals surface area contributed by atoms with Gasteiger partial charge in [-0.2, -0.15) is 16.1 Å². The van der Waals surface area contributed by atoms with E-state index in [0.717, 1.165) is 43.9 Å². The third kappa shape index (κ3) is 3.18. The molecule has 2 aliphatic heterocycles. The van der Waals surface area contributed by atoms with Gasteiger partial charge >= 0.3 is 0 Å². The third-order valence-corrected chi connectivity index (χ3v) is 6.96. The summed E-state index contributed by atoms with van der Waals surface area (Å²) in [6.07, 6.45) is 4.63. The number of sulfonamides is 1. The van der Waals surface area contributed by atoms with Crippen molar-refractivity contribution in [2.75, 3.05) is 37.7 Å². The number of carbonyl (C=O) groups excluding carboxylic acids is 1. The van der Waals surface area contributed by atoms with Crippen LogP contribution in [0.25, 0.3) is 0 Å². The lowest BCUT2D eigenvalue weighted by molar-refractivity contribution is 0.0719. The summed E-state index contributed by atoms with van der Waals surface area (Å²) >= 11 is 1.76. The van der Waals surface area contributed by atoms with Crippen molar-refractivity contribution in [3.63, 3.8) is 0 Å². The maximum Gasteiger partial charge on any atom is 0.270 e. The molecule has 22 heavy (non-hydrogen) atoms. The lowest BCUT2D eigenvalue weighted by Crippen LogP contribution is -2.37. The Morgan fingerprint density at radius 1 is 1.09 bits per heavy atom. The van der Waals surface area contributed by atoms with E-state index in [1.54, 1.807) is 16.7 Å². The number of thioether (sulfide) groups is 1. The number of piperidine rings is 1. The van der Waals surface area contributed by atoms with Crippen LogP contribution in [0.15, 0.2) is 17.2 Å².